The van der Waals surface area contributed by atoms with Gasteiger partial charge in [-0.25, -0.2) is 0 Å². The zero-order valence-corrected chi connectivity index (χ0v) is 10.3. The Kier molecular flexibility index (Phi) is 2.63. The zero-order valence-electron chi connectivity index (χ0n) is 10.3. The molecule has 0 fully saturated rings. The van der Waals surface area contributed by atoms with Crippen LogP contribution >= 0.6 is 0 Å². The van der Waals surface area contributed by atoms with Crippen LogP contribution in [-0.2, 0) is 4.79 Å². The third kappa shape index (κ3) is 1.79. The van der Waals surface area contributed by atoms with Crippen LogP contribution in [-0.4, -0.2) is 33.9 Å². The number of nitrogens with one attached hydrogen (secondary N) is 1. The Morgan fingerprint density at radius 3 is 3.11 bits per heavy atom. The van der Waals surface area contributed by atoms with Gasteiger partial charge in [0.15, 0.2) is 0 Å². The third-order valence-corrected chi connectivity index (χ3v) is 3.44. The first kappa shape index (κ1) is 11.0. The summed E-state index contributed by atoms with van der Waals surface area (Å²) in [6, 6.07) is 3.95. The van der Waals surface area contributed by atoms with Crippen LogP contribution in [0.5, 0.6) is 0 Å². The van der Waals surface area contributed by atoms with Crippen molar-refractivity contribution in [2.75, 3.05) is 13.1 Å². The minimum Gasteiger partial charge on any atom is -0.359 e. The van der Waals surface area contributed by atoms with Crippen LogP contribution in [0.3, 0.4) is 0 Å². The summed E-state index contributed by atoms with van der Waals surface area (Å²) in [5.41, 5.74) is 4.51. The fraction of sp³-hybridized carbons (Fsp3) is 0.286. The van der Waals surface area contributed by atoms with Gasteiger partial charge in [0.1, 0.15) is 0 Å². The maximum atomic E-state index is 11.3. The molecule has 0 atom stereocenters. The van der Waals surface area contributed by atoms with Crippen molar-refractivity contribution in [3.63, 3.8) is 0 Å². The van der Waals surface area contributed by atoms with Crippen LogP contribution in [0, 0.1) is 0 Å². The molecule has 0 saturated heterocycles. The van der Waals surface area contributed by atoms with E-state index in [2.05, 4.69) is 16.0 Å². The second-order valence-electron chi connectivity index (χ2n) is 4.55. The van der Waals surface area contributed by atoms with Gasteiger partial charge >= 0.3 is 0 Å². The van der Waals surface area contributed by atoms with Gasteiger partial charge in [-0.15, -0.1) is 0 Å². The Bertz CT molecular complexity index is 627. The highest BCUT2D eigenvalue weighted by Gasteiger charge is 2.17. The summed E-state index contributed by atoms with van der Waals surface area (Å²) >= 11 is 0. The smallest absolute Gasteiger partial charge is 0.219 e. The Hall–Kier alpha value is -2.10. The highest BCUT2D eigenvalue weighted by Crippen LogP contribution is 2.27. The predicted molar refractivity (Wildman–Crippen MR) is 70.9 cm³/mol. The molecule has 4 heteroatoms. The van der Waals surface area contributed by atoms with Gasteiger partial charge in [-0.1, -0.05) is 6.08 Å². The molecule has 0 aromatic carbocycles. The van der Waals surface area contributed by atoms with E-state index in [1.54, 1.807) is 6.92 Å². The standard InChI is InChI=1S/C14H15N3O/c1-10(18)17-7-4-11(5-8-17)12-9-16-13-3-2-6-15-14(12)13/h2-4,6,9,16H,5,7-8H2,1H3. The summed E-state index contributed by atoms with van der Waals surface area (Å²) in [5.74, 6) is 0.141. The van der Waals surface area contributed by atoms with Gasteiger partial charge in [0.05, 0.1) is 11.0 Å². The lowest BCUT2D eigenvalue weighted by Crippen LogP contribution is -2.32. The maximum Gasteiger partial charge on any atom is 0.219 e. The van der Waals surface area contributed by atoms with E-state index in [0.29, 0.717) is 6.54 Å². The number of amides is 1. The summed E-state index contributed by atoms with van der Waals surface area (Å²) in [5, 5.41) is 0. The summed E-state index contributed by atoms with van der Waals surface area (Å²) < 4.78 is 0. The Morgan fingerprint density at radius 1 is 1.50 bits per heavy atom. The van der Waals surface area contributed by atoms with Crippen molar-refractivity contribution in [3.05, 3.63) is 36.2 Å². The second-order valence-corrected chi connectivity index (χ2v) is 4.55. The first-order valence-corrected chi connectivity index (χ1v) is 6.13. The van der Waals surface area contributed by atoms with E-state index in [0.717, 1.165) is 29.6 Å². The number of H-pyrrole nitrogens is 1. The molecule has 1 amide bonds. The van der Waals surface area contributed by atoms with Crippen molar-refractivity contribution in [1.29, 1.82) is 0 Å². The molecule has 0 spiro atoms. The van der Waals surface area contributed by atoms with E-state index in [9.17, 15) is 4.79 Å². The highest BCUT2D eigenvalue weighted by molar-refractivity contribution is 5.90. The summed E-state index contributed by atoms with van der Waals surface area (Å²) in [7, 11) is 0. The van der Waals surface area contributed by atoms with E-state index >= 15 is 0 Å². The van der Waals surface area contributed by atoms with Crippen molar-refractivity contribution in [1.82, 2.24) is 14.9 Å². The minimum absolute atomic E-state index is 0.141. The molecular weight excluding hydrogens is 226 g/mol. The Balaban J connectivity index is 1.94. The number of fused-ring (bicyclic) bond motifs is 1. The lowest BCUT2D eigenvalue weighted by atomic mass is 10.0. The molecule has 2 aromatic heterocycles. The molecule has 0 radical (unpaired) electrons. The van der Waals surface area contributed by atoms with Crippen molar-refractivity contribution in [3.8, 4) is 0 Å². The van der Waals surface area contributed by atoms with Gasteiger partial charge < -0.3 is 9.88 Å². The summed E-state index contributed by atoms with van der Waals surface area (Å²) in [4.78, 5) is 20.8. The number of carbonyl (C=O) groups excluding carboxylic acids is 1. The van der Waals surface area contributed by atoms with Gasteiger partial charge in [-0.2, -0.15) is 0 Å². The van der Waals surface area contributed by atoms with Crippen LogP contribution in [0.25, 0.3) is 16.6 Å². The highest BCUT2D eigenvalue weighted by atomic mass is 16.2. The van der Waals surface area contributed by atoms with Gasteiger partial charge in [-0.05, 0) is 24.1 Å². The van der Waals surface area contributed by atoms with Gasteiger partial charge in [0, 0.05) is 38.0 Å². The topological polar surface area (TPSA) is 49.0 Å². The summed E-state index contributed by atoms with van der Waals surface area (Å²) in [6.07, 6.45) is 6.84. The quantitative estimate of drug-likeness (QED) is 0.832. The zero-order chi connectivity index (χ0) is 12.5. The van der Waals surface area contributed by atoms with Gasteiger partial charge in [0.25, 0.3) is 0 Å². The number of hydrogen-bond donors (Lipinski definition) is 1. The van der Waals surface area contributed by atoms with Crippen LogP contribution in [0.4, 0.5) is 0 Å². The molecule has 2 aromatic rings. The third-order valence-electron chi connectivity index (χ3n) is 3.44. The molecule has 1 aliphatic rings. The fourth-order valence-electron chi connectivity index (χ4n) is 2.40. The molecule has 0 bridgehead atoms. The van der Waals surface area contributed by atoms with Crippen LogP contribution in [0.15, 0.2) is 30.6 Å². The molecule has 92 valence electrons. The first-order chi connectivity index (χ1) is 8.75. The van der Waals surface area contributed by atoms with Crippen LogP contribution < -0.4 is 0 Å². The number of aromatic nitrogens is 2. The van der Waals surface area contributed by atoms with Crippen molar-refractivity contribution >= 4 is 22.5 Å². The molecule has 4 nitrogen and oxygen atoms in total. The number of nitrogens with zero attached hydrogens (tertiary/aromatic N) is 2. The molecule has 0 aliphatic carbocycles. The van der Waals surface area contributed by atoms with E-state index in [-0.39, 0.29) is 5.91 Å². The molecular formula is C14H15N3O. The molecule has 3 rings (SSSR count). The molecule has 3 heterocycles. The summed E-state index contributed by atoms with van der Waals surface area (Å²) in [6.45, 7) is 3.11. The van der Waals surface area contributed by atoms with Crippen LogP contribution in [0.1, 0.15) is 18.9 Å². The SMILES string of the molecule is CC(=O)N1CC=C(c2c[nH]c3cccnc23)CC1. The largest absolute Gasteiger partial charge is 0.359 e. The van der Waals surface area contributed by atoms with E-state index in [1.165, 1.54) is 5.57 Å². The van der Waals surface area contributed by atoms with Crippen molar-refractivity contribution in [2.45, 2.75) is 13.3 Å². The Morgan fingerprint density at radius 2 is 2.39 bits per heavy atom. The molecule has 1 N–H and O–H groups in total. The Labute approximate surface area is 105 Å². The number of hydrogen-bond acceptors (Lipinski definition) is 2. The lowest BCUT2D eigenvalue weighted by molar-refractivity contribution is -0.128. The van der Waals surface area contributed by atoms with Gasteiger partial charge in [-0.3, -0.25) is 9.78 Å². The first-order valence-electron chi connectivity index (χ1n) is 6.13. The second kappa shape index (κ2) is 4.29. The number of pyridine rings is 1. The van der Waals surface area contributed by atoms with E-state index in [4.69, 9.17) is 0 Å². The molecule has 1 aliphatic heterocycles. The fourth-order valence-corrected chi connectivity index (χ4v) is 2.40. The van der Waals surface area contributed by atoms with Crippen molar-refractivity contribution in [2.24, 2.45) is 0 Å². The normalized spacial score (nSPS) is 15.8. The maximum absolute atomic E-state index is 11.3. The number of aromatic amines is 1. The molecule has 18 heavy (non-hydrogen) atoms. The van der Waals surface area contributed by atoms with Crippen molar-refractivity contribution < 1.29 is 4.79 Å². The lowest BCUT2D eigenvalue weighted by Gasteiger charge is -2.25. The number of carbonyl (C=O) groups is 1. The molecule has 0 unspecified atom stereocenters. The molecule has 0 saturated carbocycles. The van der Waals surface area contributed by atoms with E-state index < -0.39 is 0 Å². The minimum atomic E-state index is 0.141. The average molecular weight is 241 g/mol. The average Bonchev–Trinajstić information content (AvgIpc) is 2.82. The van der Waals surface area contributed by atoms with Crippen LogP contribution in [0.2, 0.25) is 0 Å². The van der Waals surface area contributed by atoms with Gasteiger partial charge in [0.2, 0.25) is 5.91 Å². The van der Waals surface area contributed by atoms with E-state index in [1.807, 2.05) is 29.4 Å². The monoisotopic (exact) mass is 241 g/mol. The number of rotatable bonds is 1. The predicted octanol–water partition coefficient (Wildman–Crippen LogP) is 2.20.